The lowest BCUT2D eigenvalue weighted by atomic mass is 10.3. The van der Waals surface area contributed by atoms with Crippen molar-refractivity contribution < 1.29 is 12.8 Å². The van der Waals surface area contributed by atoms with Crippen molar-refractivity contribution in [1.82, 2.24) is 10.2 Å². The van der Waals surface area contributed by atoms with Gasteiger partial charge in [-0.1, -0.05) is 0 Å². The summed E-state index contributed by atoms with van der Waals surface area (Å²) in [7, 11) is -3.87. The summed E-state index contributed by atoms with van der Waals surface area (Å²) in [6, 6.07) is 3.91. The van der Waals surface area contributed by atoms with E-state index < -0.39 is 15.8 Å². The Morgan fingerprint density at radius 2 is 2.21 bits per heavy atom. The van der Waals surface area contributed by atoms with Crippen LogP contribution in [0.2, 0.25) is 0 Å². The highest BCUT2D eigenvalue weighted by molar-refractivity contribution is 9.10. The predicted molar refractivity (Wildman–Crippen MR) is 71.4 cm³/mol. The van der Waals surface area contributed by atoms with Gasteiger partial charge >= 0.3 is 0 Å². The van der Waals surface area contributed by atoms with Crippen LogP contribution in [0.5, 0.6) is 0 Å². The SMILES string of the molecule is NCc1cn[nH]c1S(=O)(=O)Nc1ccc(Br)c(F)c1. The molecule has 0 bridgehead atoms. The average molecular weight is 349 g/mol. The van der Waals surface area contributed by atoms with E-state index in [9.17, 15) is 12.8 Å². The van der Waals surface area contributed by atoms with E-state index >= 15 is 0 Å². The zero-order valence-electron chi connectivity index (χ0n) is 9.52. The molecule has 0 aliphatic rings. The van der Waals surface area contributed by atoms with Crippen LogP contribution in [0.25, 0.3) is 0 Å². The molecule has 0 saturated heterocycles. The maximum Gasteiger partial charge on any atom is 0.279 e. The number of sulfonamides is 1. The molecule has 2 aromatic rings. The molecule has 0 saturated carbocycles. The van der Waals surface area contributed by atoms with Crippen LogP contribution in [0.4, 0.5) is 10.1 Å². The minimum absolute atomic E-state index is 0.0292. The third-order valence-corrected chi connectivity index (χ3v) is 4.38. The molecule has 2 rings (SSSR count). The number of hydrogen-bond acceptors (Lipinski definition) is 4. The lowest BCUT2D eigenvalue weighted by Crippen LogP contribution is -2.16. The third-order valence-electron chi connectivity index (χ3n) is 2.34. The van der Waals surface area contributed by atoms with Crippen LogP contribution in [0.1, 0.15) is 5.56 Å². The zero-order valence-corrected chi connectivity index (χ0v) is 11.9. The molecule has 0 unspecified atom stereocenters. The Morgan fingerprint density at radius 3 is 2.84 bits per heavy atom. The van der Waals surface area contributed by atoms with E-state index in [1.807, 2.05) is 0 Å². The topological polar surface area (TPSA) is 101 Å². The number of aromatic nitrogens is 2. The Bertz CT molecular complexity index is 701. The van der Waals surface area contributed by atoms with E-state index in [1.165, 1.54) is 18.3 Å². The number of rotatable bonds is 4. The minimum Gasteiger partial charge on any atom is -0.326 e. The zero-order chi connectivity index (χ0) is 14.0. The lowest BCUT2D eigenvalue weighted by Gasteiger charge is -2.08. The molecule has 0 fully saturated rings. The molecule has 0 atom stereocenters. The fraction of sp³-hybridized carbons (Fsp3) is 0.100. The summed E-state index contributed by atoms with van der Waals surface area (Å²) >= 11 is 2.99. The minimum atomic E-state index is -3.87. The Hall–Kier alpha value is -1.45. The number of nitrogens with two attached hydrogens (primary N) is 1. The van der Waals surface area contributed by atoms with E-state index in [4.69, 9.17) is 5.73 Å². The van der Waals surface area contributed by atoms with Crippen molar-refractivity contribution in [3.8, 4) is 0 Å². The Kier molecular flexibility index (Phi) is 3.88. The van der Waals surface area contributed by atoms with Crippen molar-refractivity contribution in [1.29, 1.82) is 0 Å². The van der Waals surface area contributed by atoms with Crippen molar-refractivity contribution in [2.45, 2.75) is 11.6 Å². The highest BCUT2D eigenvalue weighted by Crippen LogP contribution is 2.22. The van der Waals surface area contributed by atoms with E-state index in [-0.39, 0.29) is 21.7 Å². The van der Waals surface area contributed by atoms with Crippen molar-refractivity contribution in [3.05, 3.63) is 40.2 Å². The smallest absolute Gasteiger partial charge is 0.279 e. The molecule has 6 nitrogen and oxygen atoms in total. The van der Waals surface area contributed by atoms with Gasteiger partial charge in [0.15, 0.2) is 5.03 Å². The molecule has 0 radical (unpaired) electrons. The van der Waals surface area contributed by atoms with Gasteiger partial charge in [0.25, 0.3) is 10.0 Å². The molecule has 1 heterocycles. The van der Waals surface area contributed by atoms with E-state index in [2.05, 4.69) is 30.8 Å². The van der Waals surface area contributed by atoms with Gasteiger partial charge < -0.3 is 5.73 Å². The maximum atomic E-state index is 13.3. The highest BCUT2D eigenvalue weighted by Gasteiger charge is 2.20. The summed E-state index contributed by atoms with van der Waals surface area (Å²) < 4.78 is 40.0. The number of nitrogens with zero attached hydrogens (tertiary/aromatic N) is 1. The van der Waals surface area contributed by atoms with Crippen LogP contribution in [0, 0.1) is 5.82 Å². The van der Waals surface area contributed by atoms with Crippen LogP contribution in [0.3, 0.4) is 0 Å². The van der Waals surface area contributed by atoms with Crippen molar-refractivity contribution in [2.24, 2.45) is 5.73 Å². The summed E-state index contributed by atoms with van der Waals surface area (Å²) in [5, 5.41) is 5.86. The fourth-order valence-electron chi connectivity index (χ4n) is 1.44. The fourth-order valence-corrected chi connectivity index (χ4v) is 2.88. The highest BCUT2D eigenvalue weighted by atomic mass is 79.9. The monoisotopic (exact) mass is 348 g/mol. The van der Waals surface area contributed by atoms with Crippen LogP contribution in [0.15, 0.2) is 33.9 Å². The quantitative estimate of drug-likeness (QED) is 0.780. The number of benzene rings is 1. The Labute approximate surface area is 117 Å². The Morgan fingerprint density at radius 1 is 1.47 bits per heavy atom. The van der Waals surface area contributed by atoms with E-state index in [0.29, 0.717) is 5.56 Å². The molecule has 9 heteroatoms. The van der Waals surface area contributed by atoms with Gasteiger partial charge in [0, 0.05) is 12.1 Å². The summed E-state index contributed by atoms with van der Waals surface area (Å²) in [6.45, 7) is 0.0292. The number of aromatic amines is 1. The van der Waals surface area contributed by atoms with Gasteiger partial charge in [-0.05, 0) is 34.1 Å². The Balaban J connectivity index is 2.34. The van der Waals surface area contributed by atoms with Gasteiger partial charge in [0.05, 0.1) is 16.4 Å². The summed E-state index contributed by atoms with van der Waals surface area (Å²) in [4.78, 5) is 0. The van der Waals surface area contributed by atoms with Gasteiger partial charge in [0.2, 0.25) is 0 Å². The number of anilines is 1. The first-order valence-electron chi connectivity index (χ1n) is 5.14. The third kappa shape index (κ3) is 2.94. The van der Waals surface area contributed by atoms with Gasteiger partial charge in [-0.3, -0.25) is 9.82 Å². The number of halogens is 2. The molecule has 0 spiro atoms. The van der Waals surface area contributed by atoms with Crippen molar-refractivity contribution >= 4 is 31.6 Å². The first-order valence-corrected chi connectivity index (χ1v) is 7.42. The van der Waals surface area contributed by atoms with Gasteiger partial charge in [-0.15, -0.1) is 0 Å². The molecular formula is C10H10BrFN4O2S. The van der Waals surface area contributed by atoms with Crippen molar-refractivity contribution in [2.75, 3.05) is 4.72 Å². The standard InChI is InChI=1S/C10H10BrFN4O2S/c11-8-2-1-7(3-9(8)12)16-19(17,18)10-6(4-13)5-14-15-10/h1-3,5,16H,4,13H2,(H,14,15). The second-order valence-electron chi connectivity index (χ2n) is 3.66. The first kappa shape index (κ1) is 14.0. The van der Waals surface area contributed by atoms with Gasteiger partial charge in [-0.2, -0.15) is 13.5 Å². The summed E-state index contributed by atoms with van der Waals surface area (Å²) in [6.07, 6.45) is 1.33. The lowest BCUT2D eigenvalue weighted by molar-refractivity contribution is 0.595. The average Bonchev–Trinajstić information content (AvgIpc) is 2.82. The van der Waals surface area contributed by atoms with Crippen LogP contribution >= 0.6 is 15.9 Å². The molecule has 0 aliphatic carbocycles. The molecular weight excluding hydrogens is 339 g/mol. The molecule has 19 heavy (non-hydrogen) atoms. The second kappa shape index (κ2) is 5.27. The molecule has 4 N–H and O–H groups in total. The van der Waals surface area contributed by atoms with E-state index in [1.54, 1.807) is 0 Å². The predicted octanol–water partition coefficient (Wildman–Crippen LogP) is 1.57. The van der Waals surface area contributed by atoms with E-state index in [0.717, 1.165) is 6.07 Å². The number of nitrogens with one attached hydrogen (secondary N) is 2. The summed E-state index contributed by atoms with van der Waals surface area (Å²) in [5.41, 5.74) is 5.87. The van der Waals surface area contributed by atoms with Crippen molar-refractivity contribution in [3.63, 3.8) is 0 Å². The van der Waals surface area contributed by atoms with Gasteiger partial charge in [-0.25, -0.2) is 4.39 Å². The first-order chi connectivity index (χ1) is 8.94. The molecule has 102 valence electrons. The largest absolute Gasteiger partial charge is 0.326 e. The normalized spacial score (nSPS) is 11.5. The number of H-pyrrole nitrogens is 1. The summed E-state index contributed by atoms with van der Waals surface area (Å²) in [5.74, 6) is -0.566. The van der Waals surface area contributed by atoms with Crippen LogP contribution in [-0.2, 0) is 16.6 Å². The second-order valence-corrected chi connectivity index (χ2v) is 6.14. The maximum absolute atomic E-state index is 13.3. The molecule has 1 aromatic heterocycles. The molecule has 0 amide bonds. The van der Waals surface area contributed by atoms with Crippen LogP contribution in [-0.4, -0.2) is 18.6 Å². The van der Waals surface area contributed by atoms with Gasteiger partial charge in [0.1, 0.15) is 5.82 Å². The molecule has 1 aromatic carbocycles. The molecule has 0 aliphatic heterocycles. The number of hydrogen-bond donors (Lipinski definition) is 3. The van der Waals surface area contributed by atoms with Crippen LogP contribution < -0.4 is 10.5 Å².